The third-order valence-corrected chi connectivity index (χ3v) is 3.91. The van der Waals surface area contributed by atoms with E-state index in [1.807, 2.05) is 31.4 Å². The number of aromatic nitrogens is 2. The Balaban J connectivity index is 2.32. The van der Waals surface area contributed by atoms with Gasteiger partial charge in [-0.15, -0.1) is 0 Å². The van der Waals surface area contributed by atoms with E-state index in [0.717, 1.165) is 5.52 Å². The molecule has 18 heavy (non-hydrogen) atoms. The fourth-order valence-electron chi connectivity index (χ4n) is 1.34. The monoisotopic (exact) mass is 283 g/mol. The molecule has 1 unspecified atom stereocenters. The van der Waals surface area contributed by atoms with Crippen molar-refractivity contribution in [3.05, 3.63) is 35.4 Å². The van der Waals surface area contributed by atoms with Crippen molar-refractivity contribution in [3.63, 3.8) is 0 Å². The Morgan fingerprint density at radius 1 is 1.50 bits per heavy atom. The van der Waals surface area contributed by atoms with Gasteiger partial charge < -0.3 is 8.95 Å². The lowest BCUT2D eigenvalue weighted by molar-refractivity contribution is 0.562. The van der Waals surface area contributed by atoms with Gasteiger partial charge >= 0.3 is 0 Å². The van der Waals surface area contributed by atoms with Crippen molar-refractivity contribution >= 4 is 34.7 Å². The number of rotatable bonds is 2. The van der Waals surface area contributed by atoms with Gasteiger partial charge in [-0.2, -0.15) is 0 Å². The van der Waals surface area contributed by atoms with Crippen LogP contribution >= 0.6 is 11.6 Å². The van der Waals surface area contributed by atoms with Gasteiger partial charge in [0, 0.05) is 11.2 Å². The van der Waals surface area contributed by atoms with Crippen LogP contribution in [-0.2, 0) is 11.4 Å². The molecular formula is C12H14ClN3OS. The summed E-state index contributed by atoms with van der Waals surface area (Å²) >= 11 is 4.65. The molecule has 1 atom stereocenters. The number of nitrogens with zero attached hydrogens (tertiary/aromatic N) is 3. The fraction of sp³-hybridized carbons (Fsp3) is 0.333. The van der Waals surface area contributed by atoms with Gasteiger partial charge in [-0.3, -0.25) is 0 Å². The second kappa shape index (κ2) is 4.91. The molecule has 2 heterocycles. The highest BCUT2D eigenvalue weighted by Crippen LogP contribution is 2.18. The van der Waals surface area contributed by atoms with E-state index in [4.69, 9.17) is 11.6 Å². The zero-order chi connectivity index (χ0) is 13.3. The van der Waals surface area contributed by atoms with Crippen LogP contribution in [0.15, 0.2) is 29.1 Å². The third kappa shape index (κ3) is 2.85. The standard InChI is InChI=1S/C12H14ClN3OS/c1-12(2,3)18(17)15-7-10-11-6-9(13)4-5-16(11)8-14-10/h4-8H,1-3H3/b15-7-. The van der Waals surface area contributed by atoms with E-state index >= 15 is 0 Å². The smallest absolute Gasteiger partial charge is 0.144 e. The lowest BCUT2D eigenvalue weighted by atomic mass is 10.3. The minimum Gasteiger partial charge on any atom is -0.591 e. The summed E-state index contributed by atoms with van der Waals surface area (Å²) in [6.45, 7) is 5.63. The number of hydrogen-bond donors (Lipinski definition) is 0. The molecule has 0 amide bonds. The summed E-state index contributed by atoms with van der Waals surface area (Å²) in [4.78, 5) is 4.21. The van der Waals surface area contributed by atoms with Gasteiger partial charge in [-0.05, 0) is 32.9 Å². The maximum absolute atomic E-state index is 11.8. The summed E-state index contributed by atoms with van der Waals surface area (Å²) in [6.07, 6.45) is 5.03. The van der Waals surface area contributed by atoms with Crippen molar-refractivity contribution in [2.75, 3.05) is 0 Å². The molecule has 0 aromatic carbocycles. The van der Waals surface area contributed by atoms with Crippen molar-refractivity contribution in [2.45, 2.75) is 25.5 Å². The SMILES string of the molecule is CC(C)(C)[S+]([O-])/N=C\c1ncn2ccc(Cl)cc12. The molecule has 0 N–H and O–H groups in total. The van der Waals surface area contributed by atoms with E-state index in [-0.39, 0.29) is 4.75 Å². The van der Waals surface area contributed by atoms with E-state index in [2.05, 4.69) is 9.38 Å². The van der Waals surface area contributed by atoms with E-state index in [0.29, 0.717) is 10.7 Å². The molecule has 0 aliphatic rings. The normalized spacial score (nSPS) is 14.5. The van der Waals surface area contributed by atoms with Gasteiger partial charge in [0.2, 0.25) is 0 Å². The zero-order valence-corrected chi connectivity index (χ0v) is 12.0. The average molecular weight is 284 g/mol. The van der Waals surface area contributed by atoms with Crippen LogP contribution in [0.2, 0.25) is 5.02 Å². The van der Waals surface area contributed by atoms with Gasteiger partial charge in [-0.1, -0.05) is 16.0 Å². The highest BCUT2D eigenvalue weighted by Gasteiger charge is 2.25. The number of hydrogen-bond acceptors (Lipinski definition) is 3. The quantitative estimate of drug-likeness (QED) is 0.628. The minimum absolute atomic E-state index is 0.371. The molecule has 0 spiro atoms. The summed E-state index contributed by atoms with van der Waals surface area (Å²) < 4.78 is 17.3. The molecule has 96 valence electrons. The molecule has 0 aliphatic carbocycles. The second-order valence-electron chi connectivity index (χ2n) is 4.86. The first-order chi connectivity index (χ1) is 8.38. The van der Waals surface area contributed by atoms with Gasteiger partial charge in [0.15, 0.2) is 0 Å². The van der Waals surface area contributed by atoms with Gasteiger partial charge in [0.1, 0.15) is 28.0 Å². The summed E-state index contributed by atoms with van der Waals surface area (Å²) in [7, 11) is 0. The summed E-state index contributed by atoms with van der Waals surface area (Å²) in [6, 6.07) is 3.58. The minimum atomic E-state index is -1.28. The first-order valence-electron chi connectivity index (χ1n) is 5.46. The van der Waals surface area contributed by atoms with Gasteiger partial charge in [0.25, 0.3) is 0 Å². The Hall–Kier alpha value is -1.04. The molecule has 4 nitrogen and oxygen atoms in total. The van der Waals surface area contributed by atoms with Crippen LogP contribution in [0.3, 0.4) is 0 Å². The molecule has 0 radical (unpaired) electrons. The van der Waals surface area contributed by atoms with Gasteiger partial charge in [-0.25, -0.2) is 4.98 Å². The van der Waals surface area contributed by atoms with Crippen LogP contribution in [0, 0.1) is 0 Å². The number of fused-ring (bicyclic) bond motifs is 1. The Morgan fingerprint density at radius 3 is 2.89 bits per heavy atom. The molecule has 2 aromatic rings. The molecule has 2 rings (SSSR count). The first-order valence-corrected chi connectivity index (χ1v) is 6.95. The predicted octanol–water partition coefficient (Wildman–Crippen LogP) is 2.87. The van der Waals surface area contributed by atoms with Crippen LogP contribution in [0.5, 0.6) is 0 Å². The first kappa shape index (κ1) is 13.4. The Labute approximate surface area is 114 Å². The molecule has 0 saturated heterocycles. The molecule has 6 heteroatoms. The van der Waals surface area contributed by atoms with E-state index in [1.54, 1.807) is 18.5 Å². The Kier molecular flexibility index (Phi) is 3.66. The molecular weight excluding hydrogens is 270 g/mol. The summed E-state index contributed by atoms with van der Waals surface area (Å²) in [5.74, 6) is 0. The Bertz CT molecular complexity index is 589. The number of pyridine rings is 1. The topological polar surface area (TPSA) is 52.7 Å². The van der Waals surface area contributed by atoms with Crippen LogP contribution in [0.1, 0.15) is 26.5 Å². The lowest BCUT2D eigenvalue weighted by Gasteiger charge is -2.17. The molecule has 0 aliphatic heterocycles. The van der Waals surface area contributed by atoms with Crippen LogP contribution < -0.4 is 0 Å². The average Bonchev–Trinajstić information content (AvgIpc) is 2.67. The van der Waals surface area contributed by atoms with E-state index in [9.17, 15) is 4.55 Å². The van der Waals surface area contributed by atoms with Crippen molar-refractivity contribution in [3.8, 4) is 0 Å². The van der Waals surface area contributed by atoms with Crippen molar-refractivity contribution < 1.29 is 4.55 Å². The predicted molar refractivity (Wildman–Crippen MR) is 75.7 cm³/mol. The molecule has 2 aromatic heterocycles. The van der Waals surface area contributed by atoms with Crippen LogP contribution in [0.25, 0.3) is 5.52 Å². The lowest BCUT2D eigenvalue weighted by Crippen LogP contribution is -2.25. The van der Waals surface area contributed by atoms with Crippen LogP contribution in [0.4, 0.5) is 0 Å². The molecule has 0 bridgehead atoms. The fourth-order valence-corrected chi connectivity index (χ4v) is 2.01. The molecule has 0 saturated carbocycles. The van der Waals surface area contributed by atoms with Crippen LogP contribution in [-0.4, -0.2) is 24.9 Å². The van der Waals surface area contributed by atoms with Crippen molar-refractivity contribution in [1.82, 2.24) is 9.38 Å². The number of halogens is 1. The largest absolute Gasteiger partial charge is 0.591 e. The maximum atomic E-state index is 11.8. The maximum Gasteiger partial charge on any atom is 0.144 e. The third-order valence-electron chi connectivity index (χ3n) is 2.33. The highest BCUT2D eigenvalue weighted by molar-refractivity contribution is 7.91. The van der Waals surface area contributed by atoms with Crippen molar-refractivity contribution in [2.24, 2.45) is 4.40 Å². The Morgan fingerprint density at radius 2 is 2.22 bits per heavy atom. The summed E-state index contributed by atoms with van der Waals surface area (Å²) in [5, 5.41) is 0.634. The van der Waals surface area contributed by atoms with Crippen molar-refractivity contribution in [1.29, 1.82) is 0 Å². The van der Waals surface area contributed by atoms with E-state index < -0.39 is 11.4 Å². The molecule has 0 fully saturated rings. The number of imidazole rings is 1. The van der Waals surface area contributed by atoms with E-state index in [1.165, 1.54) is 6.21 Å². The highest BCUT2D eigenvalue weighted by atomic mass is 35.5. The summed E-state index contributed by atoms with van der Waals surface area (Å²) in [5.41, 5.74) is 1.51. The van der Waals surface area contributed by atoms with Gasteiger partial charge in [0.05, 0.1) is 11.8 Å². The zero-order valence-electron chi connectivity index (χ0n) is 10.4. The second-order valence-corrected chi connectivity index (χ2v) is 7.23.